The van der Waals surface area contributed by atoms with E-state index in [1.807, 2.05) is 32.0 Å². The minimum atomic E-state index is -0.271. The zero-order valence-corrected chi connectivity index (χ0v) is 13.7. The van der Waals surface area contributed by atoms with Gasteiger partial charge in [-0.2, -0.15) is 0 Å². The van der Waals surface area contributed by atoms with Gasteiger partial charge in [0.1, 0.15) is 5.76 Å². The summed E-state index contributed by atoms with van der Waals surface area (Å²) in [6.45, 7) is 7.91. The Hall–Kier alpha value is -2.10. The van der Waals surface area contributed by atoms with E-state index in [-0.39, 0.29) is 11.8 Å². The topological polar surface area (TPSA) is 46.6 Å². The molecule has 2 amide bonds. The van der Waals surface area contributed by atoms with Crippen molar-refractivity contribution >= 4 is 23.1 Å². The first-order valence-electron chi connectivity index (χ1n) is 7.83. The lowest BCUT2D eigenvalue weighted by molar-refractivity contribution is -0.122. The highest BCUT2D eigenvalue weighted by Gasteiger charge is 2.37. The first-order valence-corrected chi connectivity index (χ1v) is 7.83. The normalized spacial score (nSPS) is 15.8. The average Bonchev–Trinajstić information content (AvgIpc) is 2.75. The molecule has 1 heterocycles. The van der Waals surface area contributed by atoms with Crippen LogP contribution in [0.3, 0.4) is 0 Å². The number of unbranched alkanes of at least 4 members (excludes halogenated alkanes) is 1. The van der Waals surface area contributed by atoms with Crippen molar-refractivity contribution in [2.24, 2.45) is 0 Å². The number of anilines is 1. The van der Waals surface area contributed by atoms with E-state index in [2.05, 4.69) is 6.92 Å². The summed E-state index contributed by atoms with van der Waals surface area (Å²) < 4.78 is 5.74. The van der Waals surface area contributed by atoms with Crippen LogP contribution in [0.5, 0.6) is 0 Å². The maximum Gasteiger partial charge on any atom is 0.269 e. The Balaban J connectivity index is 2.62. The minimum Gasteiger partial charge on any atom is -0.497 e. The summed E-state index contributed by atoms with van der Waals surface area (Å²) in [7, 11) is 0. The smallest absolute Gasteiger partial charge is 0.269 e. The van der Waals surface area contributed by atoms with Crippen LogP contribution in [0.15, 0.2) is 24.0 Å². The predicted molar refractivity (Wildman–Crippen MR) is 87.4 cm³/mol. The molecule has 0 unspecified atom stereocenters. The SMILES string of the molecule is CCCCC(OCC)=C1C(=O)N(C(C)=O)c2ccc(C)cc21. The van der Waals surface area contributed by atoms with Gasteiger partial charge < -0.3 is 4.74 Å². The van der Waals surface area contributed by atoms with E-state index in [4.69, 9.17) is 4.74 Å². The fourth-order valence-corrected chi connectivity index (χ4v) is 2.74. The Labute approximate surface area is 131 Å². The third-order valence-corrected chi connectivity index (χ3v) is 3.75. The fourth-order valence-electron chi connectivity index (χ4n) is 2.74. The van der Waals surface area contributed by atoms with Crippen LogP contribution in [0.25, 0.3) is 5.57 Å². The quantitative estimate of drug-likeness (QED) is 0.613. The van der Waals surface area contributed by atoms with Crippen LogP contribution in [0.2, 0.25) is 0 Å². The Morgan fingerprint density at radius 3 is 2.59 bits per heavy atom. The predicted octanol–water partition coefficient (Wildman–Crippen LogP) is 3.83. The van der Waals surface area contributed by atoms with Crippen molar-refractivity contribution in [2.75, 3.05) is 11.5 Å². The highest BCUT2D eigenvalue weighted by Crippen LogP contribution is 2.40. The lowest BCUT2D eigenvalue weighted by atomic mass is 10.0. The van der Waals surface area contributed by atoms with Crippen LogP contribution in [0.1, 0.15) is 51.2 Å². The molecule has 1 aromatic rings. The third-order valence-electron chi connectivity index (χ3n) is 3.75. The molecule has 0 saturated carbocycles. The van der Waals surface area contributed by atoms with E-state index in [1.54, 1.807) is 0 Å². The number of imide groups is 1. The molecule has 1 aliphatic heterocycles. The first-order chi connectivity index (χ1) is 10.5. The summed E-state index contributed by atoms with van der Waals surface area (Å²) in [5.41, 5.74) is 3.07. The summed E-state index contributed by atoms with van der Waals surface area (Å²) in [4.78, 5) is 25.9. The molecular weight excluding hydrogens is 278 g/mol. The number of nitrogens with zero attached hydrogens (tertiary/aromatic N) is 1. The molecule has 0 fully saturated rings. The van der Waals surface area contributed by atoms with Crippen LogP contribution in [-0.4, -0.2) is 18.4 Å². The van der Waals surface area contributed by atoms with Gasteiger partial charge in [0, 0.05) is 18.9 Å². The lowest BCUT2D eigenvalue weighted by Crippen LogP contribution is -2.31. The molecule has 0 spiro atoms. The van der Waals surface area contributed by atoms with Gasteiger partial charge in [-0.25, -0.2) is 4.90 Å². The molecule has 4 nitrogen and oxygen atoms in total. The number of allylic oxidation sites excluding steroid dienone is 1. The number of hydrogen-bond donors (Lipinski definition) is 0. The van der Waals surface area contributed by atoms with Gasteiger partial charge in [-0.1, -0.05) is 25.0 Å². The molecule has 0 N–H and O–H groups in total. The van der Waals surface area contributed by atoms with E-state index in [0.29, 0.717) is 30.0 Å². The molecular formula is C18H23NO3. The van der Waals surface area contributed by atoms with Crippen LogP contribution in [0.4, 0.5) is 5.69 Å². The molecule has 22 heavy (non-hydrogen) atoms. The number of fused-ring (bicyclic) bond motifs is 1. The molecule has 0 saturated heterocycles. The van der Waals surface area contributed by atoms with Gasteiger partial charge in [-0.3, -0.25) is 9.59 Å². The van der Waals surface area contributed by atoms with Gasteiger partial charge in [0.05, 0.1) is 17.9 Å². The molecule has 118 valence electrons. The average molecular weight is 301 g/mol. The molecule has 1 aromatic carbocycles. The van der Waals surface area contributed by atoms with Gasteiger partial charge in [0.25, 0.3) is 5.91 Å². The van der Waals surface area contributed by atoms with Gasteiger partial charge in [-0.15, -0.1) is 0 Å². The number of hydrogen-bond acceptors (Lipinski definition) is 3. The number of rotatable bonds is 5. The van der Waals surface area contributed by atoms with Crippen molar-refractivity contribution in [2.45, 2.75) is 47.0 Å². The largest absolute Gasteiger partial charge is 0.497 e. The van der Waals surface area contributed by atoms with E-state index in [1.165, 1.54) is 11.8 Å². The van der Waals surface area contributed by atoms with Gasteiger partial charge in [0.2, 0.25) is 5.91 Å². The van der Waals surface area contributed by atoms with E-state index >= 15 is 0 Å². The zero-order chi connectivity index (χ0) is 16.3. The molecule has 0 bridgehead atoms. The summed E-state index contributed by atoms with van der Waals surface area (Å²) >= 11 is 0. The second-order valence-corrected chi connectivity index (χ2v) is 5.51. The molecule has 1 aliphatic rings. The molecule has 0 aliphatic carbocycles. The third kappa shape index (κ3) is 2.91. The van der Waals surface area contributed by atoms with Gasteiger partial charge in [0.15, 0.2) is 0 Å². The molecule has 0 radical (unpaired) electrons. The minimum absolute atomic E-state index is 0.267. The summed E-state index contributed by atoms with van der Waals surface area (Å²) in [5, 5.41) is 0. The molecule has 4 heteroatoms. The van der Waals surface area contributed by atoms with E-state index in [9.17, 15) is 9.59 Å². The first kappa shape index (κ1) is 16.3. The maximum absolute atomic E-state index is 12.8. The second-order valence-electron chi connectivity index (χ2n) is 5.51. The number of aryl methyl sites for hydroxylation is 1. The molecule has 0 aromatic heterocycles. The van der Waals surface area contributed by atoms with Crippen LogP contribution in [0, 0.1) is 6.92 Å². The Morgan fingerprint density at radius 2 is 2.00 bits per heavy atom. The van der Waals surface area contributed by atoms with Crippen LogP contribution >= 0.6 is 0 Å². The second kappa shape index (κ2) is 6.77. The standard InChI is InChI=1S/C18H23NO3/c1-5-7-8-16(22-6-2)17-14-11-12(3)9-10-15(14)19(13(4)20)18(17)21/h9-11H,5-8H2,1-4H3. The number of ether oxygens (including phenoxy) is 1. The van der Waals surface area contributed by atoms with Crippen LogP contribution in [-0.2, 0) is 14.3 Å². The highest BCUT2D eigenvalue weighted by atomic mass is 16.5. The van der Waals surface area contributed by atoms with Crippen molar-refractivity contribution in [3.8, 4) is 0 Å². The van der Waals surface area contributed by atoms with Gasteiger partial charge >= 0.3 is 0 Å². The Bertz CT molecular complexity index is 631. The Kier molecular flexibility index (Phi) is 5.01. The van der Waals surface area contributed by atoms with Gasteiger partial charge in [-0.05, 0) is 32.4 Å². The lowest BCUT2D eigenvalue weighted by Gasteiger charge is -2.13. The summed E-state index contributed by atoms with van der Waals surface area (Å²) in [6.07, 6.45) is 2.69. The number of amides is 2. The zero-order valence-electron chi connectivity index (χ0n) is 13.7. The summed E-state index contributed by atoms with van der Waals surface area (Å²) in [5.74, 6) is 0.161. The summed E-state index contributed by atoms with van der Waals surface area (Å²) in [6, 6.07) is 5.70. The van der Waals surface area contributed by atoms with E-state index < -0.39 is 0 Å². The Morgan fingerprint density at radius 1 is 1.27 bits per heavy atom. The van der Waals surface area contributed by atoms with Crippen molar-refractivity contribution in [3.05, 3.63) is 35.1 Å². The highest BCUT2D eigenvalue weighted by molar-refractivity contribution is 6.39. The number of carbonyl (C=O) groups is 2. The molecule has 0 atom stereocenters. The monoisotopic (exact) mass is 301 g/mol. The van der Waals surface area contributed by atoms with Crippen molar-refractivity contribution in [1.82, 2.24) is 0 Å². The fraction of sp³-hybridized carbons (Fsp3) is 0.444. The molecule has 2 rings (SSSR count). The van der Waals surface area contributed by atoms with Crippen molar-refractivity contribution < 1.29 is 14.3 Å². The van der Waals surface area contributed by atoms with E-state index in [0.717, 1.165) is 24.0 Å². The van der Waals surface area contributed by atoms with Crippen molar-refractivity contribution in [3.63, 3.8) is 0 Å². The maximum atomic E-state index is 12.8. The number of benzene rings is 1. The number of carbonyl (C=O) groups excluding carboxylic acids is 2. The van der Waals surface area contributed by atoms with Crippen molar-refractivity contribution in [1.29, 1.82) is 0 Å². The van der Waals surface area contributed by atoms with Crippen LogP contribution < -0.4 is 4.90 Å².